The molecule has 1 aliphatic rings. The molecule has 0 unspecified atom stereocenters. The minimum absolute atomic E-state index is 0.111. The van der Waals surface area contributed by atoms with Crippen LogP contribution in [-0.2, 0) is 6.54 Å². The molecule has 2 aromatic heterocycles. The zero-order valence-corrected chi connectivity index (χ0v) is 21.0. The molecule has 1 fully saturated rings. The van der Waals surface area contributed by atoms with Gasteiger partial charge in [0.15, 0.2) is 0 Å². The zero-order valence-electron chi connectivity index (χ0n) is 21.0. The maximum absolute atomic E-state index is 15.2. The number of nitrogens with zero attached hydrogens (tertiary/aromatic N) is 4. The second kappa shape index (κ2) is 10.1. The number of anilines is 1. The van der Waals surface area contributed by atoms with Crippen molar-refractivity contribution in [2.45, 2.75) is 46.6 Å². The van der Waals surface area contributed by atoms with Crippen LogP contribution >= 0.6 is 0 Å². The minimum Gasteiger partial charge on any atom is -0.493 e. The first-order valence-corrected chi connectivity index (χ1v) is 12.6. The van der Waals surface area contributed by atoms with E-state index in [1.54, 1.807) is 12.3 Å². The molecule has 4 aromatic rings. The number of benzene rings is 2. The monoisotopic (exact) mass is 490 g/mol. The van der Waals surface area contributed by atoms with Crippen LogP contribution in [-0.4, -0.2) is 34.4 Å². The molecule has 1 aliphatic heterocycles. The lowest BCUT2D eigenvalue weighted by atomic mass is 10.1. The molecule has 0 spiro atoms. The van der Waals surface area contributed by atoms with Gasteiger partial charge in [-0.1, -0.05) is 19.0 Å². The Bertz CT molecular complexity index is 1420. The Morgan fingerprint density at radius 1 is 1.11 bits per heavy atom. The van der Waals surface area contributed by atoms with Gasteiger partial charge in [0, 0.05) is 36.8 Å². The van der Waals surface area contributed by atoms with Gasteiger partial charge < -0.3 is 18.7 Å². The Hall–Kier alpha value is -3.68. The van der Waals surface area contributed by atoms with Crippen LogP contribution in [0.25, 0.3) is 33.7 Å². The molecule has 36 heavy (non-hydrogen) atoms. The molecule has 5 rings (SSSR count). The Labute approximate surface area is 209 Å². The zero-order chi connectivity index (χ0) is 25.2. The SMILES string of the molecule is CCn1cc(-c2nc(-c3ccc(OCC(C)C)cc3)no2)c(=O)c2cc(F)c(N3CCCCC3)cc21. The Balaban J connectivity index is 1.49. The molecule has 0 atom stereocenters. The van der Waals surface area contributed by atoms with Crippen molar-refractivity contribution in [3.8, 4) is 28.6 Å². The fourth-order valence-electron chi connectivity index (χ4n) is 4.60. The van der Waals surface area contributed by atoms with Gasteiger partial charge in [0.25, 0.3) is 5.89 Å². The summed E-state index contributed by atoms with van der Waals surface area (Å²) in [4.78, 5) is 20.0. The number of halogens is 1. The summed E-state index contributed by atoms with van der Waals surface area (Å²) in [6.07, 6.45) is 4.98. The average Bonchev–Trinajstić information content (AvgIpc) is 3.38. The van der Waals surface area contributed by atoms with Crippen LogP contribution in [0, 0.1) is 11.7 Å². The summed E-state index contributed by atoms with van der Waals surface area (Å²) < 4.78 is 28.3. The first-order valence-electron chi connectivity index (χ1n) is 12.6. The molecular formula is C28H31FN4O3. The maximum atomic E-state index is 15.2. The van der Waals surface area contributed by atoms with Crippen molar-refractivity contribution in [3.63, 3.8) is 0 Å². The van der Waals surface area contributed by atoms with E-state index in [2.05, 4.69) is 28.9 Å². The molecule has 0 aliphatic carbocycles. The Kier molecular flexibility index (Phi) is 6.76. The molecule has 3 heterocycles. The van der Waals surface area contributed by atoms with Gasteiger partial charge in [-0.3, -0.25) is 4.79 Å². The van der Waals surface area contributed by atoms with E-state index in [1.165, 1.54) is 6.07 Å². The van der Waals surface area contributed by atoms with Crippen molar-refractivity contribution in [1.29, 1.82) is 0 Å². The number of pyridine rings is 1. The highest BCUT2D eigenvalue weighted by atomic mass is 19.1. The number of fused-ring (bicyclic) bond motifs is 1. The minimum atomic E-state index is -0.382. The van der Waals surface area contributed by atoms with Gasteiger partial charge in [0.1, 0.15) is 17.1 Å². The van der Waals surface area contributed by atoms with E-state index < -0.39 is 0 Å². The van der Waals surface area contributed by atoms with Crippen molar-refractivity contribution in [1.82, 2.24) is 14.7 Å². The predicted octanol–water partition coefficient (Wildman–Crippen LogP) is 5.90. The van der Waals surface area contributed by atoms with Crippen LogP contribution in [0.1, 0.15) is 40.0 Å². The van der Waals surface area contributed by atoms with E-state index in [1.807, 2.05) is 35.8 Å². The van der Waals surface area contributed by atoms with Crippen LogP contribution in [0.3, 0.4) is 0 Å². The van der Waals surface area contributed by atoms with Gasteiger partial charge in [-0.25, -0.2) is 4.39 Å². The lowest BCUT2D eigenvalue weighted by molar-refractivity contribution is 0.271. The molecular weight excluding hydrogens is 459 g/mol. The molecule has 0 radical (unpaired) electrons. The highest BCUT2D eigenvalue weighted by molar-refractivity contribution is 5.86. The summed E-state index contributed by atoms with van der Waals surface area (Å²) in [5.41, 5.74) is 1.93. The smallest absolute Gasteiger partial charge is 0.263 e. The van der Waals surface area contributed by atoms with E-state index in [-0.39, 0.29) is 22.7 Å². The second-order valence-electron chi connectivity index (χ2n) is 9.68. The fourth-order valence-corrected chi connectivity index (χ4v) is 4.60. The summed E-state index contributed by atoms with van der Waals surface area (Å²) in [6.45, 7) is 9.07. The van der Waals surface area contributed by atoms with E-state index >= 15 is 4.39 Å². The normalized spacial score (nSPS) is 14.1. The highest BCUT2D eigenvalue weighted by Crippen LogP contribution is 2.29. The number of ether oxygens (including phenoxy) is 1. The van der Waals surface area contributed by atoms with E-state index in [9.17, 15) is 4.79 Å². The van der Waals surface area contributed by atoms with Crippen molar-refractivity contribution in [2.24, 2.45) is 5.92 Å². The molecule has 188 valence electrons. The second-order valence-corrected chi connectivity index (χ2v) is 9.68. The molecule has 8 heteroatoms. The topological polar surface area (TPSA) is 73.4 Å². The Morgan fingerprint density at radius 3 is 2.56 bits per heavy atom. The molecule has 7 nitrogen and oxygen atoms in total. The number of hydrogen-bond donors (Lipinski definition) is 0. The molecule has 1 saturated heterocycles. The molecule has 0 saturated carbocycles. The summed E-state index contributed by atoms with van der Waals surface area (Å²) in [6, 6.07) is 10.6. The lowest BCUT2D eigenvalue weighted by Gasteiger charge is -2.29. The van der Waals surface area contributed by atoms with E-state index in [4.69, 9.17) is 9.26 Å². The van der Waals surface area contributed by atoms with Gasteiger partial charge in [-0.2, -0.15) is 4.98 Å². The van der Waals surface area contributed by atoms with Gasteiger partial charge in [0.2, 0.25) is 11.3 Å². The standard InChI is InChI=1S/C28H31FN4O3/c1-4-32-16-22(26(34)21-14-23(29)25(15-24(21)32)33-12-6-5-7-13-33)28-30-27(31-36-28)19-8-10-20(11-9-19)35-17-18(2)3/h8-11,14-16,18H,4-7,12-13,17H2,1-3H3. The number of hydrogen-bond acceptors (Lipinski definition) is 6. The predicted molar refractivity (Wildman–Crippen MR) is 139 cm³/mol. The van der Waals surface area contributed by atoms with Gasteiger partial charge >= 0.3 is 0 Å². The lowest BCUT2D eigenvalue weighted by Crippen LogP contribution is -2.30. The summed E-state index contributed by atoms with van der Waals surface area (Å²) in [5.74, 6) is 1.30. The number of rotatable bonds is 7. The van der Waals surface area contributed by atoms with Crippen LogP contribution in [0.4, 0.5) is 10.1 Å². The van der Waals surface area contributed by atoms with E-state index in [0.29, 0.717) is 41.5 Å². The average molecular weight is 491 g/mol. The fraction of sp³-hybridized carbons (Fsp3) is 0.393. The summed E-state index contributed by atoms with van der Waals surface area (Å²) >= 11 is 0. The summed E-state index contributed by atoms with van der Waals surface area (Å²) in [5, 5.41) is 4.39. The first-order chi connectivity index (χ1) is 17.4. The van der Waals surface area contributed by atoms with Crippen LogP contribution in [0.5, 0.6) is 5.75 Å². The van der Waals surface area contributed by atoms with Crippen LogP contribution < -0.4 is 15.1 Å². The van der Waals surface area contributed by atoms with Crippen molar-refractivity contribution in [3.05, 3.63) is 58.6 Å². The summed E-state index contributed by atoms with van der Waals surface area (Å²) in [7, 11) is 0. The third-order valence-corrected chi connectivity index (χ3v) is 6.54. The molecule has 2 aromatic carbocycles. The number of aryl methyl sites for hydroxylation is 1. The van der Waals surface area contributed by atoms with Crippen molar-refractivity contribution in [2.75, 3.05) is 24.6 Å². The maximum Gasteiger partial charge on any atom is 0.263 e. The van der Waals surface area contributed by atoms with Crippen LogP contribution in [0.2, 0.25) is 0 Å². The molecule has 0 N–H and O–H groups in total. The number of piperidine rings is 1. The van der Waals surface area contributed by atoms with E-state index in [0.717, 1.165) is 43.7 Å². The molecule has 0 amide bonds. The largest absolute Gasteiger partial charge is 0.493 e. The van der Waals surface area contributed by atoms with Crippen molar-refractivity contribution >= 4 is 16.6 Å². The third kappa shape index (κ3) is 4.72. The highest BCUT2D eigenvalue weighted by Gasteiger charge is 2.21. The molecule has 0 bridgehead atoms. The van der Waals surface area contributed by atoms with Gasteiger partial charge in [-0.05, 0) is 68.5 Å². The Morgan fingerprint density at radius 2 is 1.86 bits per heavy atom. The van der Waals surface area contributed by atoms with Crippen molar-refractivity contribution < 1.29 is 13.7 Å². The third-order valence-electron chi connectivity index (χ3n) is 6.54. The quantitative estimate of drug-likeness (QED) is 0.321. The van der Waals surface area contributed by atoms with Gasteiger partial charge in [0.05, 0.1) is 17.8 Å². The van der Waals surface area contributed by atoms with Gasteiger partial charge in [-0.15, -0.1) is 0 Å². The first kappa shape index (κ1) is 24.0. The van der Waals surface area contributed by atoms with Crippen LogP contribution in [0.15, 0.2) is 51.9 Å². The number of aromatic nitrogens is 3.